The number of fused-ring (bicyclic) bond motifs is 1. The minimum absolute atomic E-state index is 0.0634. The van der Waals surface area contributed by atoms with E-state index < -0.39 is 16.6 Å². The van der Waals surface area contributed by atoms with Gasteiger partial charge < -0.3 is 4.52 Å². The molecule has 0 spiro atoms. The number of aromatic nitrogens is 3. The Labute approximate surface area is 160 Å². The van der Waals surface area contributed by atoms with Gasteiger partial charge >= 0.3 is 6.55 Å². The van der Waals surface area contributed by atoms with Gasteiger partial charge in [0.2, 0.25) is 10.0 Å². The molecule has 2 aromatic heterocycles. The van der Waals surface area contributed by atoms with Crippen molar-refractivity contribution < 1.29 is 21.7 Å². The van der Waals surface area contributed by atoms with Gasteiger partial charge in [0.25, 0.3) is 0 Å². The number of rotatable bonds is 5. The van der Waals surface area contributed by atoms with Crippen molar-refractivity contribution in [3.63, 3.8) is 0 Å². The third-order valence-electron chi connectivity index (χ3n) is 4.96. The van der Waals surface area contributed by atoms with E-state index in [1.807, 2.05) is 24.3 Å². The number of hydrogen-bond acceptors (Lipinski definition) is 6. The lowest BCUT2D eigenvalue weighted by molar-refractivity contribution is 0.0541. The average Bonchev–Trinajstić information content (AvgIpc) is 3.26. The van der Waals surface area contributed by atoms with Crippen molar-refractivity contribution in [2.75, 3.05) is 26.2 Å². The van der Waals surface area contributed by atoms with Crippen molar-refractivity contribution in [2.45, 2.75) is 24.9 Å². The third-order valence-corrected chi connectivity index (χ3v) is 6.96. The van der Waals surface area contributed by atoms with E-state index in [0.717, 1.165) is 17.3 Å². The van der Waals surface area contributed by atoms with Crippen LogP contribution in [0, 0.1) is 6.92 Å². The van der Waals surface area contributed by atoms with Crippen LogP contribution in [0.15, 0.2) is 39.9 Å². The zero-order valence-electron chi connectivity index (χ0n) is 15.1. The maximum atomic E-state index is 12.9. The molecule has 1 aliphatic rings. The summed E-state index contributed by atoms with van der Waals surface area (Å²) in [5, 5.41) is 8.54. The Morgan fingerprint density at radius 3 is 2.57 bits per heavy atom. The fraction of sp³-hybridized carbons (Fsp3) is 0.412. The maximum absolute atomic E-state index is 12.9. The van der Waals surface area contributed by atoms with Crippen LogP contribution in [0.25, 0.3) is 11.0 Å². The SMILES string of the molecule is Cc1c(S(=O)(=O)N2CCN(Cc3noc4ccccc34)CC2)cnn1C(F)F. The number of nitrogens with zero attached hydrogens (tertiary/aromatic N) is 5. The lowest BCUT2D eigenvalue weighted by Gasteiger charge is -2.33. The van der Waals surface area contributed by atoms with Crippen molar-refractivity contribution >= 4 is 21.0 Å². The summed E-state index contributed by atoms with van der Waals surface area (Å²) in [5.74, 6) is 0. The third kappa shape index (κ3) is 3.29. The number of hydrogen-bond donors (Lipinski definition) is 0. The molecule has 0 saturated carbocycles. The molecule has 0 amide bonds. The molecule has 0 aliphatic carbocycles. The highest BCUT2D eigenvalue weighted by atomic mass is 32.2. The van der Waals surface area contributed by atoms with Gasteiger partial charge in [-0.2, -0.15) is 18.2 Å². The fourth-order valence-corrected chi connectivity index (χ4v) is 4.96. The van der Waals surface area contributed by atoms with Gasteiger partial charge in [-0.1, -0.05) is 17.3 Å². The quantitative estimate of drug-likeness (QED) is 0.640. The molecule has 11 heteroatoms. The van der Waals surface area contributed by atoms with Gasteiger partial charge in [0.15, 0.2) is 5.58 Å². The summed E-state index contributed by atoms with van der Waals surface area (Å²) in [6.45, 7) is 0.531. The molecule has 150 valence electrons. The molecule has 1 aliphatic heterocycles. The zero-order chi connectivity index (χ0) is 19.9. The van der Waals surface area contributed by atoms with Gasteiger partial charge in [-0.15, -0.1) is 0 Å². The second-order valence-electron chi connectivity index (χ2n) is 6.62. The van der Waals surface area contributed by atoms with E-state index in [-0.39, 0.29) is 23.7 Å². The van der Waals surface area contributed by atoms with Crippen LogP contribution in [0.5, 0.6) is 0 Å². The molecule has 3 heterocycles. The molecule has 0 unspecified atom stereocenters. The second-order valence-corrected chi connectivity index (χ2v) is 8.53. The molecule has 0 bridgehead atoms. The molecule has 1 saturated heterocycles. The number of para-hydroxylation sites is 1. The molecule has 3 aromatic rings. The molecule has 8 nitrogen and oxygen atoms in total. The van der Waals surface area contributed by atoms with E-state index in [0.29, 0.717) is 29.9 Å². The molecule has 1 aromatic carbocycles. The number of halogens is 2. The predicted molar refractivity (Wildman–Crippen MR) is 96.3 cm³/mol. The van der Waals surface area contributed by atoms with E-state index in [9.17, 15) is 17.2 Å². The molecular weight excluding hydrogens is 392 g/mol. The number of benzene rings is 1. The largest absolute Gasteiger partial charge is 0.356 e. The van der Waals surface area contributed by atoms with Gasteiger partial charge in [-0.3, -0.25) is 4.90 Å². The lowest BCUT2D eigenvalue weighted by atomic mass is 10.2. The Morgan fingerprint density at radius 2 is 1.89 bits per heavy atom. The predicted octanol–water partition coefficient (Wildman–Crippen LogP) is 2.23. The van der Waals surface area contributed by atoms with Gasteiger partial charge in [0.1, 0.15) is 10.6 Å². The highest BCUT2D eigenvalue weighted by Crippen LogP contribution is 2.25. The summed E-state index contributed by atoms with van der Waals surface area (Å²) in [6.07, 6.45) is 0.991. The standard InChI is InChI=1S/C17H19F2N5O3S/c1-12-16(10-20-24(12)17(18)19)28(25,26)23-8-6-22(7-9-23)11-14-13-4-2-3-5-15(13)27-21-14/h2-5,10,17H,6-9,11H2,1H3. The van der Waals surface area contributed by atoms with Gasteiger partial charge in [-0.05, 0) is 19.1 Å². The van der Waals surface area contributed by atoms with Crippen LogP contribution < -0.4 is 0 Å². The van der Waals surface area contributed by atoms with Crippen LogP contribution in [0.4, 0.5) is 8.78 Å². The topological polar surface area (TPSA) is 84.5 Å². The molecule has 0 atom stereocenters. The van der Waals surface area contributed by atoms with Crippen molar-refractivity contribution in [1.29, 1.82) is 0 Å². The van der Waals surface area contributed by atoms with Crippen molar-refractivity contribution in [3.8, 4) is 0 Å². The van der Waals surface area contributed by atoms with Gasteiger partial charge in [0, 0.05) is 38.1 Å². The summed E-state index contributed by atoms with van der Waals surface area (Å²) in [4.78, 5) is 1.91. The van der Waals surface area contributed by atoms with Gasteiger partial charge in [0.05, 0.1) is 11.9 Å². The highest BCUT2D eigenvalue weighted by Gasteiger charge is 2.32. The first-order valence-corrected chi connectivity index (χ1v) is 10.2. The highest BCUT2D eigenvalue weighted by molar-refractivity contribution is 7.89. The normalized spacial score (nSPS) is 17.0. The smallest absolute Gasteiger partial charge is 0.333 e. The maximum Gasteiger partial charge on any atom is 0.333 e. The van der Waals surface area contributed by atoms with Crippen molar-refractivity contribution in [1.82, 2.24) is 24.1 Å². The Hall–Kier alpha value is -2.37. The Morgan fingerprint density at radius 1 is 1.18 bits per heavy atom. The van der Waals surface area contributed by atoms with Crippen LogP contribution in [-0.4, -0.2) is 58.7 Å². The van der Waals surface area contributed by atoms with Crippen LogP contribution >= 0.6 is 0 Å². The molecule has 0 radical (unpaired) electrons. The van der Waals surface area contributed by atoms with E-state index in [4.69, 9.17) is 4.52 Å². The van der Waals surface area contributed by atoms with E-state index in [2.05, 4.69) is 15.2 Å². The summed E-state index contributed by atoms with van der Waals surface area (Å²) < 4.78 is 58.5. The van der Waals surface area contributed by atoms with Gasteiger partial charge in [-0.25, -0.2) is 13.1 Å². The summed E-state index contributed by atoms with van der Waals surface area (Å²) in [6, 6.07) is 7.57. The second kappa shape index (κ2) is 7.22. The Kier molecular flexibility index (Phi) is 4.89. The number of piperazine rings is 1. The van der Waals surface area contributed by atoms with E-state index >= 15 is 0 Å². The van der Waals surface area contributed by atoms with Crippen LogP contribution in [0.1, 0.15) is 17.9 Å². The Bertz CT molecular complexity index is 1090. The molecule has 1 fully saturated rings. The summed E-state index contributed by atoms with van der Waals surface area (Å²) >= 11 is 0. The Balaban J connectivity index is 1.45. The number of alkyl halides is 2. The van der Waals surface area contributed by atoms with Crippen LogP contribution in [0.3, 0.4) is 0 Å². The van der Waals surface area contributed by atoms with Crippen molar-refractivity contribution in [3.05, 3.63) is 41.9 Å². The first-order chi connectivity index (χ1) is 13.4. The number of sulfonamides is 1. The zero-order valence-corrected chi connectivity index (χ0v) is 15.9. The minimum atomic E-state index is -3.87. The summed E-state index contributed by atoms with van der Waals surface area (Å²) in [7, 11) is -3.87. The van der Waals surface area contributed by atoms with Crippen molar-refractivity contribution in [2.24, 2.45) is 0 Å². The monoisotopic (exact) mass is 411 g/mol. The van der Waals surface area contributed by atoms with Crippen LogP contribution in [-0.2, 0) is 16.6 Å². The lowest BCUT2D eigenvalue weighted by Crippen LogP contribution is -2.48. The molecule has 0 N–H and O–H groups in total. The fourth-order valence-electron chi connectivity index (χ4n) is 3.39. The van der Waals surface area contributed by atoms with E-state index in [1.54, 1.807) is 0 Å². The van der Waals surface area contributed by atoms with E-state index in [1.165, 1.54) is 11.2 Å². The average molecular weight is 411 g/mol. The summed E-state index contributed by atoms with van der Waals surface area (Å²) in [5.41, 5.74) is 1.46. The molecule has 4 rings (SSSR count). The first-order valence-electron chi connectivity index (χ1n) is 8.76. The molecule has 28 heavy (non-hydrogen) atoms. The minimum Gasteiger partial charge on any atom is -0.356 e. The first kappa shape index (κ1) is 19.0. The molecular formula is C17H19F2N5O3S. The van der Waals surface area contributed by atoms with Crippen LogP contribution in [0.2, 0.25) is 0 Å².